The number of carbonyl (C=O) groups is 1. The number of hydrogen-bond donors (Lipinski definition) is 3. The van der Waals surface area contributed by atoms with E-state index in [2.05, 4.69) is 44.4 Å². The van der Waals surface area contributed by atoms with Gasteiger partial charge in [-0.1, -0.05) is 36.4 Å². The first-order valence-electron chi connectivity index (χ1n) is 11.2. The highest BCUT2D eigenvalue weighted by Gasteiger charge is 2.25. The molecule has 0 spiro atoms. The molecule has 6 rings (SSSR count). The molecule has 1 amide bonds. The number of aliphatic hydroxyl groups is 1. The molecule has 3 N–H and O–H groups in total. The number of nitrogens with zero attached hydrogens (tertiary/aromatic N) is 3. The van der Waals surface area contributed by atoms with Crippen molar-refractivity contribution in [1.82, 2.24) is 25.1 Å². The van der Waals surface area contributed by atoms with Gasteiger partial charge in [0, 0.05) is 41.3 Å². The highest BCUT2D eigenvalue weighted by atomic mass is 16.3. The minimum atomic E-state index is -0.324. The van der Waals surface area contributed by atoms with Crippen LogP contribution in [0.4, 0.5) is 0 Å². The van der Waals surface area contributed by atoms with Crippen molar-refractivity contribution < 1.29 is 9.90 Å². The first-order chi connectivity index (χ1) is 16.2. The minimum Gasteiger partial charge on any atom is -0.393 e. The standard InChI is InChI=1S/C26H23N5O2/c32-20-8-10-31(11-9-20)26(33)24-21-13-17(6-7-22(21)29-30-24)19-12-18-14-23(28-25(18)27-15-19)16-4-2-1-3-5-16/h1-7,12-15,20,32H,8-11H2,(H,27,28)(H,29,30). The van der Waals surface area contributed by atoms with E-state index < -0.39 is 0 Å². The van der Waals surface area contributed by atoms with Crippen molar-refractivity contribution in [1.29, 1.82) is 0 Å². The number of piperidine rings is 1. The van der Waals surface area contributed by atoms with Crippen molar-refractivity contribution in [3.63, 3.8) is 0 Å². The largest absolute Gasteiger partial charge is 0.393 e. The number of aromatic nitrogens is 4. The third-order valence-corrected chi connectivity index (χ3v) is 6.41. The Labute approximate surface area is 190 Å². The lowest BCUT2D eigenvalue weighted by Crippen LogP contribution is -2.40. The van der Waals surface area contributed by atoms with Gasteiger partial charge in [-0.3, -0.25) is 9.89 Å². The number of fused-ring (bicyclic) bond motifs is 2. The van der Waals surface area contributed by atoms with Crippen LogP contribution in [0.25, 0.3) is 44.3 Å². The summed E-state index contributed by atoms with van der Waals surface area (Å²) in [6.45, 7) is 1.09. The van der Waals surface area contributed by atoms with Crippen molar-refractivity contribution in [2.45, 2.75) is 18.9 Å². The van der Waals surface area contributed by atoms with Crippen molar-refractivity contribution in [3.05, 3.63) is 72.6 Å². The molecule has 1 aliphatic heterocycles. The maximum Gasteiger partial charge on any atom is 0.274 e. The maximum absolute atomic E-state index is 13.1. The van der Waals surface area contributed by atoms with E-state index >= 15 is 0 Å². The lowest BCUT2D eigenvalue weighted by atomic mass is 10.0. The van der Waals surface area contributed by atoms with Gasteiger partial charge in [-0.15, -0.1) is 0 Å². The van der Waals surface area contributed by atoms with Crippen LogP contribution in [0.3, 0.4) is 0 Å². The average Bonchev–Trinajstić information content (AvgIpc) is 3.48. The van der Waals surface area contributed by atoms with E-state index in [1.807, 2.05) is 42.6 Å². The fourth-order valence-corrected chi connectivity index (χ4v) is 4.52. The van der Waals surface area contributed by atoms with E-state index in [-0.39, 0.29) is 12.0 Å². The molecule has 7 nitrogen and oxygen atoms in total. The van der Waals surface area contributed by atoms with Crippen LogP contribution in [-0.4, -0.2) is 55.3 Å². The highest BCUT2D eigenvalue weighted by Crippen LogP contribution is 2.30. The Bertz CT molecular complexity index is 1460. The van der Waals surface area contributed by atoms with Gasteiger partial charge in [0.05, 0.1) is 11.6 Å². The van der Waals surface area contributed by atoms with E-state index in [9.17, 15) is 9.90 Å². The second-order valence-corrected chi connectivity index (χ2v) is 8.57. The van der Waals surface area contributed by atoms with Gasteiger partial charge in [0.25, 0.3) is 5.91 Å². The Kier molecular flexibility index (Phi) is 4.69. The maximum atomic E-state index is 13.1. The quantitative estimate of drug-likeness (QED) is 0.390. The number of carbonyl (C=O) groups excluding carboxylic acids is 1. The number of amides is 1. The van der Waals surface area contributed by atoms with E-state index in [0.717, 1.165) is 44.3 Å². The Morgan fingerprint density at radius 3 is 2.61 bits per heavy atom. The van der Waals surface area contributed by atoms with Crippen LogP contribution in [0.1, 0.15) is 23.3 Å². The Morgan fingerprint density at radius 2 is 1.79 bits per heavy atom. The lowest BCUT2D eigenvalue weighted by Gasteiger charge is -2.29. The zero-order chi connectivity index (χ0) is 22.4. The number of nitrogens with one attached hydrogen (secondary N) is 2. The second kappa shape index (κ2) is 7.86. The zero-order valence-electron chi connectivity index (χ0n) is 18.0. The minimum absolute atomic E-state index is 0.1000. The SMILES string of the molecule is O=C(c1n[nH]c2ccc(-c3cnc4[nH]c(-c5ccccc5)cc4c3)cc12)N1CCC(O)CC1. The second-order valence-electron chi connectivity index (χ2n) is 8.57. The van der Waals surface area contributed by atoms with Gasteiger partial charge in [-0.25, -0.2) is 4.98 Å². The third kappa shape index (κ3) is 3.56. The fourth-order valence-electron chi connectivity index (χ4n) is 4.52. The summed E-state index contributed by atoms with van der Waals surface area (Å²) in [5, 5.41) is 18.9. The normalized spacial score (nSPS) is 14.9. The molecular weight excluding hydrogens is 414 g/mol. The molecule has 0 bridgehead atoms. The number of aromatic amines is 2. The zero-order valence-corrected chi connectivity index (χ0v) is 18.0. The molecule has 1 fully saturated rings. The topological polar surface area (TPSA) is 97.9 Å². The van der Waals surface area contributed by atoms with Gasteiger partial charge in [-0.05, 0) is 48.2 Å². The van der Waals surface area contributed by atoms with Crippen LogP contribution < -0.4 is 0 Å². The van der Waals surface area contributed by atoms with Crippen LogP contribution in [0, 0.1) is 0 Å². The van der Waals surface area contributed by atoms with Crippen LogP contribution >= 0.6 is 0 Å². The van der Waals surface area contributed by atoms with Gasteiger partial charge in [0.1, 0.15) is 5.65 Å². The summed E-state index contributed by atoms with van der Waals surface area (Å²) in [5.41, 5.74) is 6.18. The number of benzene rings is 2. The molecule has 1 aliphatic rings. The molecule has 2 aromatic carbocycles. The molecule has 0 saturated carbocycles. The number of aliphatic hydroxyl groups excluding tert-OH is 1. The molecule has 0 radical (unpaired) electrons. The van der Waals surface area contributed by atoms with Crippen LogP contribution in [0.2, 0.25) is 0 Å². The first kappa shape index (κ1) is 19.7. The number of hydrogen-bond acceptors (Lipinski definition) is 4. The summed E-state index contributed by atoms with van der Waals surface area (Å²) < 4.78 is 0. The fraction of sp³-hybridized carbons (Fsp3) is 0.192. The van der Waals surface area contributed by atoms with Gasteiger partial charge < -0.3 is 15.0 Å². The molecule has 0 unspecified atom stereocenters. The van der Waals surface area contributed by atoms with Crippen molar-refractivity contribution >= 4 is 27.8 Å². The predicted molar refractivity (Wildman–Crippen MR) is 128 cm³/mol. The average molecular weight is 438 g/mol. The van der Waals surface area contributed by atoms with E-state index in [0.29, 0.717) is 31.6 Å². The molecule has 4 heterocycles. The van der Waals surface area contributed by atoms with Gasteiger partial charge in [0.2, 0.25) is 0 Å². The summed E-state index contributed by atoms with van der Waals surface area (Å²) in [6.07, 6.45) is 2.73. The number of likely N-dealkylation sites (tertiary alicyclic amines) is 1. The summed E-state index contributed by atoms with van der Waals surface area (Å²) in [6, 6.07) is 20.4. The molecule has 0 atom stereocenters. The van der Waals surface area contributed by atoms with Crippen LogP contribution in [0.15, 0.2) is 66.9 Å². The Balaban J connectivity index is 1.35. The Morgan fingerprint density at radius 1 is 0.970 bits per heavy atom. The summed E-state index contributed by atoms with van der Waals surface area (Å²) >= 11 is 0. The molecule has 0 aliphatic carbocycles. The van der Waals surface area contributed by atoms with Crippen molar-refractivity contribution in [3.8, 4) is 22.4 Å². The molecular formula is C26H23N5O2. The number of rotatable bonds is 3. The molecule has 3 aromatic heterocycles. The molecule has 164 valence electrons. The molecule has 7 heteroatoms. The highest BCUT2D eigenvalue weighted by molar-refractivity contribution is 6.05. The van der Waals surface area contributed by atoms with Crippen LogP contribution in [0.5, 0.6) is 0 Å². The van der Waals surface area contributed by atoms with Gasteiger partial charge in [-0.2, -0.15) is 5.10 Å². The van der Waals surface area contributed by atoms with Gasteiger partial charge >= 0.3 is 0 Å². The molecule has 1 saturated heterocycles. The predicted octanol–water partition coefficient (Wildman–Crippen LogP) is 4.37. The van der Waals surface area contributed by atoms with Crippen molar-refractivity contribution in [2.75, 3.05) is 13.1 Å². The van der Waals surface area contributed by atoms with Gasteiger partial charge in [0.15, 0.2) is 5.69 Å². The van der Waals surface area contributed by atoms with E-state index in [1.54, 1.807) is 4.90 Å². The lowest BCUT2D eigenvalue weighted by molar-refractivity contribution is 0.0543. The summed E-state index contributed by atoms with van der Waals surface area (Å²) in [4.78, 5) is 22.9. The smallest absolute Gasteiger partial charge is 0.274 e. The Hall–Kier alpha value is -3.97. The third-order valence-electron chi connectivity index (χ3n) is 6.41. The van der Waals surface area contributed by atoms with Crippen LogP contribution in [-0.2, 0) is 0 Å². The first-order valence-corrected chi connectivity index (χ1v) is 11.2. The monoisotopic (exact) mass is 437 g/mol. The molecule has 33 heavy (non-hydrogen) atoms. The van der Waals surface area contributed by atoms with Crippen molar-refractivity contribution in [2.24, 2.45) is 0 Å². The van der Waals surface area contributed by atoms with E-state index in [1.165, 1.54) is 0 Å². The number of pyridine rings is 1. The summed E-state index contributed by atoms with van der Waals surface area (Å²) in [7, 11) is 0. The number of H-pyrrole nitrogens is 2. The molecule has 5 aromatic rings. The summed E-state index contributed by atoms with van der Waals surface area (Å²) in [5.74, 6) is -0.1000. The van der Waals surface area contributed by atoms with E-state index in [4.69, 9.17) is 0 Å².